The number of carbonyl (C=O) groups is 1. The molecule has 6 heteroatoms. The van der Waals surface area contributed by atoms with Crippen LogP contribution >= 0.6 is 0 Å². The molecule has 0 N–H and O–H groups in total. The smallest absolute Gasteiger partial charge is 0.303 e. The van der Waals surface area contributed by atoms with Crippen LogP contribution in [0.2, 0.25) is 18.1 Å². The van der Waals surface area contributed by atoms with Gasteiger partial charge in [-0.25, -0.2) is 0 Å². The molecule has 0 aromatic rings. The third-order valence-corrected chi connectivity index (χ3v) is 9.08. The van der Waals surface area contributed by atoms with Crippen LogP contribution < -0.4 is 0 Å². The van der Waals surface area contributed by atoms with Gasteiger partial charge in [0.05, 0.1) is 18.8 Å². The van der Waals surface area contributed by atoms with Crippen molar-refractivity contribution in [3.05, 3.63) is 12.7 Å². The number of carbonyl (C=O) groups excluding carboxylic acids is 1. The highest BCUT2D eigenvalue weighted by molar-refractivity contribution is 6.74. The summed E-state index contributed by atoms with van der Waals surface area (Å²) in [7, 11) is -2.00. The summed E-state index contributed by atoms with van der Waals surface area (Å²) in [5.41, 5.74) is 0. The normalized spacial score (nSPS) is 29.2. The molecule has 1 aliphatic heterocycles. The molecule has 1 heterocycles. The largest absolute Gasteiger partial charge is 0.457 e. The molecule has 134 valence electrons. The molecule has 5 nitrogen and oxygen atoms in total. The van der Waals surface area contributed by atoms with E-state index in [1.807, 2.05) is 6.92 Å². The van der Waals surface area contributed by atoms with Crippen LogP contribution in [0, 0.1) is 0 Å². The first kappa shape index (κ1) is 20.4. The van der Waals surface area contributed by atoms with Crippen LogP contribution in [0.3, 0.4) is 0 Å². The van der Waals surface area contributed by atoms with Crippen molar-refractivity contribution in [3.63, 3.8) is 0 Å². The van der Waals surface area contributed by atoms with Crippen LogP contribution in [0.15, 0.2) is 12.7 Å². The minimum Gasteiger partial charge on any atom is -0.457 e. The third kappa shape index (κ3) is 5.71. The van der Waals surface area contributed by atoms with Gasteiger partial charge >= 0.3 is 5.97 Å². The average Bonchev–Trinajstić information content (AvgIpc) is 2.38. The Labute approximate surface area is 141 Å². The van der Waals surface area contributed by atoms with E-state index in [4.69, 9.17) is 18.6 Å². The number of ether oxygens (including phenoxy) is 3. The molecule has 0 aromatic heterocycles. The summed E-state index contributed by atoms with van der Waals surface area (Å²) < 4.78 is 23.5. The van der Waals surface area contributed by atoms with Crippen LogP contribution in [-0.2, 0) is 23.4 Å². The molecule has 0 saturated carbocycles. The van der Waals surface area contributed by atoms with Crippen LogP contribution in [0.4, 0.5) is 0 Å². The maximum Gasteiger partial charge on any atom is 0.303 e. The zero-order chi connectivity index (χ0) is 17.8. The molecule has 0 aliphatic carbocycles. The number of rotatable bonds is 6. The van der Waals surface area contributed by atoms with Gasteiger partial charge in [-0.05, 0) is 25.1 Å². The number of hydrogen-bond acceptors (Lipinski definition) is 5. The molecule has 0 bridgehead atoms. The van der Waals surface area contributed by atoms with E-state index in [-0.39, 0.29) is 29.5 Å². The van der Waals surface area contributed by atoms with Gasteiger partial charge in [-0.2, -0.15) is 0 Å². The van der Waals surface area contributed by atoms with Crippen molar-refractivity contribution < 1.29 is 23.4 Å². The Balaban J connectivity index is 2.92. The first-order chi connectivity index (χ1) is 10.5. The molecule has 0 radical (unpaired) electrons. The van der Waals surface area contributed by atoms with Crippen molar-refractivity contribution in [1.29, 1.82) is 0 Å². The fourth-order valence-corrected chi connectivity index (χ4v) is 3.66. The molecule has 0 amide bonds. The topological polar surface area (TPSA) is 54.0 Å². The van der Waals surface area contributed by atoms with E-state index in [9.17, 15) is 4.79 Å². The Bertz CT molecular complexity index is 416. The predicted molar refractivity (Wildman–Crippen MR) is 92.7 cm³/mol. The van der Waals surface area contributed by atoms with Gasteiger partial charge in [-0.15, -0.1) is 6.58 Å². The molecule has 1 saturated heterocycles. The number of hydrogen-bond donors (Lipinski definition) is 0. The summed E-state index contributed by atoms with van der Waals surface area (Å²) in [6.45, 7) is 18.3. The molecule has 0 aromatic carbocycles. The van der Waals surface area contributed by atoms with Gasteiger partial charge < -0.3 is 18.6 Å². The lowest BCUT2D eigenvalue weighted by Crippen LogP contribution is -2.55. The summed E-state index contributed by atoms with van der Waals surface area (Å²) in [6.07, 6.45) is 0.948. The summed E-state index contributed by atoms with van der Waals surface area (Å²) in [5.74, 6) is -0.320. The minimum atomic E-state index is -2.00. The van der Waals surface area contributed by atoms with E-state index < -0.39 is 14.4 Å². The van der Waals surface area contributed by atoms with E-state index in [0.717, 1.165) is 0 Å². The van der Waals surface area contributed by atoms with Crippen molar-refractivity contribution in [2.75, 3.05) is 6.61 Å². The predicted octanol–water partition coefficient (Wildman–Crippen LogP) is 3.65. The first-order valence-electron chi connectivity index (χ1n) is 8.21. The molecular weight excluding hydrogens is 312 g/mol. The Kier molecular flexibility index (Phi) is 7.01. The number of esters is 1. The molecular formula is C17H32O5Si. The first-order valence-corrected chi connectivity index (χ1v) is 11.1. The Morgan fingerprint density at radius 2 is 2.00 bits per heavy atom. The zero-order valence-electron chi connectivity index (χ0n) is 15.5. The van der Waals surface area contributed by atoms with Gasteiger partial charge in [-0.3, -0.25) is 4.79 Å². The maximum absolute atomic E-state index is 11.5. The van der Waals surface area contributed by atoms with Gasteiger partial charge in [0.2, 0.25) is 0 Å². The lowest BCUT2D eigenvalue weighted by atomic mass is 10.0. The summed E-state index contributed by atoms with van der Waals surface area (Å²) in [4.78, 5) is 11.5. The second-order valence-corrected chi connectivity index (χ2v) is 12.4. The van der Waals surface area contributed by atoms with Crippen molar-refractivity contribution in [2.24, 2.45) is 0 Å². The van der Waals surface area contributed by atoms with Gasteiger partial charge in [0.1, 0.15) is 0 Å². The second-order valence-electron chi connectivity index (χ2n) is 7.62. The van der Waals surface area contributed by atoms with Crippen molar-refractivity contribution in [1.82, 2.24) is 0 Å². The van der Waals surface area contributed by atoms with Gasteiger partial charge in [0.15, 0.2) is 20.7 Å². The van der Waals surface area contributed by atoms with Crippen molar-refractivity contribution in [2.45, 2.75) is 83.8 Å². The molecule has 0 unspecified atom stereocenters. The van der Waals surface area contributed by atoms with Crippen molar-refractivity contribution >= 4 is 14.3 Å². The lowest BCUT2D eigenvalue weighted by Gasteiger charge is -2.45. The molecule has 0 spiro atoms. The SMILES string of the molecule is C=CCO[C@H]1C[C@H](O[Si](C)(C)C(C)(C)C)[C@@H](OC(C)=O)[C@H](C)O1. The van der Waals surface area contributed by atoms with E-state index in [1.165, 1.54) is 6.92 Å². The molecule has 23 heavy (non-hydrogen) atoms. The standard InChI is InChI=1S/C17H32O5Si/c1-9-10-19-15-11-14(22-23(7,8)17(4,5)6)16(12(2)20-15)21-13(3)18/h9,12,14-16H,1,10-11H2,2-8H3/t12-,14-,15+,16-/m0/s1. The van der Waals surface area contributed by atoms with E-state index in [2.05, 4.69) is 40.4 Å². The van der Waals surface area contributed by atoms with Gasteiger partial charge in [0.25, 0.3) is 0 Å². The lowest BCUT2D eigenvalue weighted by molar-refractivity contribution is -0.246. The minimum absolute atomic E-state index is 0.0762. The Morgan fingerprint density at radius 3 is 2.48 bits per heavy atom. The maximum atomic E-state index is 11.5. The fourth-order valence-electron chi connectivity index (χ4n) is 2.31. The van der Waals surface area contributed by atoms with E-state index >= 15 is 0 Å². The third-order valence-electron chi connectivity index (χ3n) is 4.57. The Hall–Kier alpha value is -0.693. The highest BCUT2D eigenvalue weighted by Crippen LogP contribution is 2.39. The van der Waals surface area contributed by atoms with Crippen LogP contribution in [-0.4, -0.2) is 45.5 Å². The molecule has 1 rings (SSSR count). The molecule has 1 fully saturated rings. The van der Waals surface area contributed by atoms with Crippen LogP contribution in [0.5, 0.6) is 0 Å². The zero-order valence-corrected chi connectivity index (χ0v) is 16.5. The summed E-state index contributed by atoms with van der Waals surface area (Å²) >= 11 is 0. The van der Waals surface area contributed by atoms with Crippen molar-refractivity contribution in [3.8, 4) is 0 Å². The fraction of sp³-hybridized carbons (Fsp3) is 0.824. The van der Waals surface area contributed by atoms with Gasteiger partial charge in [0, 0.05) is 13.3 Å². The highest BCUT2D eigenvalue weighted by Gasteiger charge is 2.46. The van der Waals surface area contributed by atoms with Gasteiger partial charge in [-0.1, -0.05) is 26.8 Å². The van der Waals surface area contributed by atoms with E-state index in [0.29, 0.717) is 13.0 Å². The average molecular weight is 345 g/mol. The molecule has 1 aliphatic rings. The summed E-state index contributed by atoms with van der Waals surface area (Å²) in [5, 5.41) is 0.0762. The summed E-state index contributed by atoms with van der Waals surface area (Å²) in [6, 6.07) is 0. The van der Waals surface area contributed by atoms with Crippen LogP contribution in [0.25, 0.3) is 0 Å². The monoisotopic (exact) mass is 344 g/mol. The molecule has 4 atom stereocenters. The van der Waals surface area contributed by atoms with Crippen LogP contribution in [0.1, 0.15) is 41.0 Å². The Morgan fingerprint density at radius 1 is 1.39 bits per heavy atom. The quantitative estimate of drug-likeness (QED) is 0.418. The highest BCUT2D eigenvalue weighted by atomic mass is 28.4. The second kappa shape index (κ2) is 7.92. The van der Waals surface area contributed by atoms with E-state index in [1.54, 1.807) is 6.08 Å².